The van der Waals surface area contributed by atoms with Crippen molar-refractivity contribution >= 4 is 34.6 Å². The molecule has 3 heterocycles. The van der Waals surface area contributed by atoms with Crippen molar-refractivity contribution in [2.24, 2.45) is 7.05 Å². The van der Waals surface area contributed by atoms with Crippen LogP contribution in [0.5, 0.6) is 0 Å². The first kappa shape index (κ1) is 20.1. The van der Waals surface area contributed by atoms with Gasteiger partial charge in [-0.15, -0.1) is 0 Å². The molecule has 8 nitrogen and oxygen atoms in total. The minimum atomic E-state index is -0.00431. The van der Waals surface area contributed by atoms with Crippen LogP contribution < -0.4 is 15.1 Å². The van der Waals surface area contributed by atoms with E-state index in [2.05, 4.69) is 32.3 Å². The molecule has 1 N–H and O–H groups in total. The molecule has 2 aromatic heterocycles. The summed E-state index contributed by atoms with van der Waals surface area (Å²) in [6.45, 7) is 6.69. The molecule has 4 rings (SSSR count). The Balaban J connectivity index is 1.46. The van der Waals surface area contributed by atoms with Crippen LogP contribution in [0.25, 0.3) is 10.6 Å². The van der Waals surface area contributed by atoms with Crippen LogP contribution in [0.2, 0.25) is 0 Å². The normalized spacial score (nSPS) is 14.1. The van der Waals surface area contributed by atoms with Crippen LogP contribution in [0, 0.1) is 6.92 Å². The number of rotatable bonds is 4. The molecule has 1 aromatic carbocycles. The minimum Gasteiger partial charge on any atom is -0.368 e. The van der Waals surface area contributed by atoms with Gasteiger partial charge in [0, 0.05) is 63.4 Å². The van der Waals surface area contributed by atoms with E-state index in [1.54, 1.807) is 24.7 Å². The molecule has 1 amide bonds. The summed E-state index contributed by atoms with van der Waals surface area (Å²) in [5.41, 5.74) is 3.64. The second-order valence-electron chi connectivity index (χ2n) is 7.27. The number of nitrogens with zero attached hydrogens (tertiary/aromatic N) is 5. The number of nitrogens with one attached hydrogen (secondary N) is 1. The molecule has 30 heavy (non-hydrogen) atoms. The number of benzene rings is 1. The molecule has 0 spiro atoms. The monoisotopic (exact) mass is 424 g/mol. The van der Waals surface area contributed by atoms with Crippen molar-refractivity contribution in [3.8, 4) is 10.6 Å². The van der Waals surface area contributed by atoms with Crippen molar-refractivity contribution in [1.82, 2.24) is 19.4 Å². The average molecular weight is 425 g/mol. The van der Waals surface area contributed by atoms with Gasteiger partial charge in [0.15, 0.2) is 0 Å². The SMILES string of the molecule is CC(=O)N1CCN(c2ccc(Nc3nccc(-c4sc(=O)n(C)c4C)n3)cc2)CC1. The third-order valence-electron chi connectivity index (χ3n) is 5.40. The van der Waals surface area contributed by atoms with Gasteiger partial charge in [0.25, 0.3) is 0 Å². The molecule has 1 fully saturated rings. The van der Waals surface area contributed by atoms with Gasteiger partial charge in [-0.1, -0.05) is 11.3 Å². The summed E-state index contributed by atoms with van der Waals surface area (Å²) in [6.07, 6.45) is 1.69. The first-order valence-corrected chi connectivity index (χ1v) is 10.6. The van der Waals surface area contributed by atoms with Gasteiger partial charge in [-0.3, -0.25) is 9.59 Å². The number of piperazine rings is 1. The maximum Gasteiger partial charge on any atom is 0.307 e. The highest BCUT2D eigenvalue weighted by Crippen LogP contribution is 2.26. The van der Waals surface area contributed by atoms with Gasteiger partial charge < -0.3 is 19.7 Å². The zero-order valence-corrected chi connectivity index (χ0v) is 18.1. The van der Waals surface area contributed by atoms with Gasteiger partial charge in [-0.05, 0) is 37.3 Å². The van der Waals surface area contributed by atoms with Gasteiger partial charge in [0.1, 0.15) is 0 Å². The lowest BCUT2D eigenvalue weighted by Gasteiger charge is -2.35. The van der Waals surface area contributed by atoms with Crippen LogP contribution in [-0.2, 0) is 11.8 Å². The molecule has 1 aliphatic heterocycles. The zero-order chi connectivity index (χ0) is 21.3. The van der Waals surface area contributed by atoms with Crippen LogP contribution in [0.3, 0.4) is 0 Å². The summed E-state index contributed by atoms with van der Waals surface area (Å²) in [5.74, 6) is 0.618. The number of amides is 1. The first-order valence-electron chi connectivity index (χ1n) is 9.80. The van der Waals surface area contributed by atoms with Gasteiger partial charge in [0.05, 0.1) is 10.6 Å². The van der Waals surface area contributed by atoms with Gasteiger partial charge in [0.2, 0.25) is 11.9 Å². The van der Waals surface area contributed by atoms with E-state index in [9.17, 15) is 9.59 Å². The average Bonchev–Trinajstić information content (AvgIpc) is 3.02. The predicted octanol–water partition coefficient (Wildman–Crippen LogP) is 2.62. The largest absolute Gasteiger partial charge is 0.368 e. The van der Waals surface area contributed by atoms with Gasteiger partial charge >= 0.3 is 4.87 Å². The van der Waals surface area contributed by atoms with Crippen molar-refractivity contribution < 1.29 is 4.79 Å². The van der Waals surface area contributed by atoms with E-state index in [1.807, 2.05) is 30.0 Å². The van der Waals surface area contributed by atoms with Gasteiger partial charge in [-0.2, -0.15) is 0 Å². The van der Waals surface area contributed by atoms with Crippen molar-refractivity contribution in [2.75, 3.05) is 36.4 Å². The van der Waals surface area contributed by atoms with Crippen LogP contribution in [-0.4, -0.2) is 51.5 Å². The molecule has 0 bridgehead atoms. The van der Waals surface area contributed by atoms with Crippen molar-refractivity contribution in [2.45, 2.75) is 13.8 Å². The molecular formula is C21H24N6O2S. The second-order valence-corrected chi connectivity index (χ2v) is 8.23. The van der Waals surface area contributed by atoms with Crippen molar-refractivity contribution in [3.05, 3.63) is 51.9 Å². The maximum atomic E-state index is 11.9. The highest BCUT2D eigenvalue weighted by molar-refractivity contribution is 7.13. The standard InChI is InChI=1S/C21H24N6O2S/c1-14-19(30-21(29)25(14)3)18-8-9-22-20(24-18)23-16-4-6-17(7-5-16)27-12-10-26(11-13-27)15(2)28/h4-9H,10-13H2,1-3H3,(H,22,23,24). The Morgan fingerprint density at radius 3 is 2.40 bits per heavy atom. The van der Waals surface area contributed by atoms with E-state index in [0.717, 1.165) is 53.8 Å². The van der Waals surface area contributed by atoms with E-state index in [0.29, 0.717) is 5.95 Å². The molecule has 0 unspecified atom stereocenters. The quantitative estimate of drug-likeness (QED) is 0.693. The van der Waals surface area contributed by atoms with E-state index >= 15 is 0 Å². The molecular weight excluding hydrogens is 400 g/mol. The Morgan fingerprint density at radius 1 is 1.10 bits per heavy atom. The fraction of sp³-hybridized carbons (Fsp3) is 0.333. The zero-order valence-electron chi connectivity index (χ0n) is 17.3. The molecule has 9 heteroatoms. The highest BCUT2D eigenvalue weighted by atomic mass is 32.1. The summed E-state index contributed by atoms with van der Waals surface area (Å²) >= 11 is 1.19. The molecule has 3 aromatic rings. The lowest BCUT2D eigenvalue weighted by molar-refractivity contribution is -0.129. The van der Waals surface area contributed by atoms with Crippen molar-refractivity contribution in [1.29, 1.82) is 0 Å². The Bertz CT molecular complexity index is 1110. The fourth-order valence-corrected chi connectivity index (χ4v) is 4.42. The molecule has 0 saturated carbocycles. The molecule has 156 valence electrons. The van der Waals surface area contributed by atoms with Crippen LogP contribution >= 0.6 is 11.3 Å². The second kappa shape index (κ2) is 8.27. The Labute approximate surface area is 178 Å². The number of anilines is 3. The van der Waals surface area contributed by atoms with E-state index in [4.69, 9.17) is 0 Å². The Kier molecular flexibility index (Phi) is 5.54. The molecule has 1 saturated heterocycles. The summed E-state index contributed by atoms with van der Waals surface area (Å²) in [6, 6.07) is 9.92. The highest BCUT2D eigenvalue weighted by Gasteiger charge is 2.18. The lowest BCUT2D eigenvalue weighted by Crippen LogP contribution is -2.48. The molecule has 0 aliphatic carbocycles. The van der Waals surface area contributed by atoms with E-state index in [-0.39, 0.29) is 10.8 Å². The summed E-state index contributed by atoms with van der Waals surface area (Å²) in [7, 11) is 1.76. The summed E-state index contributed by atoms with van der Waals surface area (Å²) < 4.78 is 1.63. The smallest absolute Gasteiger partial charge is 0.307 e. The van der Waals surface area contributed by atoms with E-state index in [1.165, 1.54) is 11.3 Å². The minimum absolute atomic E-state index is 0.00431. The maximum absolute atomic E-state index is 11.9. The number of hydrogen-bond donors (Lipinski definition) is 1. The Morgan fingerprint density at radius 2 is 1.80 bits per heavy atom. The Hall–Kier alpha value is -3.20. The predicted molar refractivity (Wildman–Crippen MR) is 120 cm³/mol. The fourth-order valence-electron chi connectivity index (χ4n) is 3.47. The van der Waals surface area contributed by atoms with Crippen LogP contribution in [0.4, 0.5) is 17.3 Å². The summed E-state index contributed by atoms with van der Waals surface area (Å²) in [4.78, 5) is 37.3. The lowest BCUT2D eigenvalue weighted by atomic mass is 10.2. The topological polar surface area (TPSA) is 83.4 Å². The van der Waals surface area contributed by atoms with Crippen molar-refractivity contribution in [3.63, 3.8) is 0 Å². The summed E-state index contributed by atoms with van der Waals surface area (Å²) in [5, 5.41) is 3.23. The van der Waals surface area contributed by atoms with Crippen LogP contribution in [0.1, 0.15) is 12.6 Å². The third kappa shape index (κ3) is 4.06. The first-order chi connectivity index (χ1) is 14.4. The third-order valence-corrected chi connectivity index (χ3v) is 6.55. The number of carbonyl (C=O) groups excluding carboxylic acids is 1. The number of thiazole rings is 1. The molecule has 0 atom stereocenters. The molecule has 0 radical (unpaired) electrons. The number of carbonyl (C=O) groups is 1. The van der Waals surface area contributed by atoms with Gasteiger partial charge in [-0.25, -0.2) is 9.97 Å². The number of aromatic nitrogens is 3. The van der Waals surface area contributed by atoms with Crippen LogP contribution in [0.15, 0.2) is 41.3 Å². The molecule has 1 aliphatic rings. The van der Waals surface area contributed by atoms with E-state index < -0.39 is 0 Å². The number of hydrogen-bond acceptors (Lipinski definition) is 7.